The van der Waals surface area contributed by atoms with Crippen LogP contribution in [0.5, 0.6) is 0 Å². The third kappa shape index (κ3) is 2.23. The van der Waals surface area contributed by atoms with Gasteiger partial charge in [0.25, 0.3) is 0 Å². The van der Waals surface area contributed by atoms with E-state index in [1.807, 2.05) is 6.20 Å². The molecule has 4 heteroatoms. The predicted octanol–water partition coefficient (Wildman–Crippen LogP) is 2.48. The van der Waals surface area contributed by atoms with Gasteiger partial charge in [0, 0.05) is 12.1 Å². The fourth-order valence-corrected chi connectivity index (χ4v) is 2.78. The largest absolute Gasteiger partial charge is 0.288 e. The first-order valence-corrected chi connectivity index (χ1v) is 6.36. The van der Waals surface area contributed by atoms with Gasteiger partial charge in [0.1, 0.15) is 0 Å². The molecule has 0 spiro atoms. The van der Waals surface area contributed by atoms with E-state index in [9.17, 15) is 0 Å². The number of nitrogens with zero attached hydrogens (tertiary/aromatic N) is 4. The van der Waals surface area contributed by atoms with Crippen molar-refractivity contribution in [1.29, 1.82) is 0 Å². The standard InChI is InChI=1S/C13H24N4/c1-12(2,3)11-10-9-14-15-17(10)8-7-16(11)13(4,5)6/h9,11H,7-8H2,1-6H3. The van der Waals surface area contributed by atoms with Gasteiger partial charge in [-0.2, -0.15) is 0 Å². The molecule has 1 aromatic heterocycles. The molecule has 1 aromatic rings. The molecule has 0 fully saturated rings. The highest BCUT2D eigenvalue weighted by Gasteiger charge is 2.41. The lowest BCUT2D eigenvalue weighted by molar-refractivity contribution is -0.00385. The van der Waals surface area contributed by atoms with Crippen molar-refractivity contribution in [2.24, 2.45) is 5.41 Å². The second-order valence-corrected chi connectivity index (χ2v) is 7.01. The molecule has 1 aliphatic heterocycles. The zero-order valence-corrected chi connectivity index (χ0v) is 11.9. The molecule has 0 bridgehead atoms. The summed E-state index contributed by atoms with van der Waals surface area (Å²) in [5, 5.41) is 8.25. The lowest BCUT2D eigenvalue weighted by Gasteiger charge is -2.49. The average molecular weight is 236 g/mol. The molecule has 17 heavy (non-hydrogen) atoms. The topological polar surface area (TPSA) is 34.0 Å². The third-order valence-electron chi connectivity index (χ3n) is 3.47. The van der Waals surface area contributed by atoms with Crippen LogP contribution in [0.1, 0.15) is 53.3 Å². The zero-order chi connectivity index (χ0) is 12.8. The summed E-state index contributed by atoms with van der Waals surface area (Å²) in [6.45, 7) is 15.7. The third-order valence-corrected chi connectivity index (χ3v) is 3.47. The number of rotatable bonds is 0. The molecule has 0 saturated carbocycles. The Kier molecular flexibility index (Phi) is 2.81. The van der Waals surface area contributed by atoms with E-state index in [0.717, 1.165) is 13.1 Å². The van der Waals surface area contributed by atoms with Crippen molar-refractivity contribution in [3.8, 4) is 0 Å². The maximum atomic E-state index is 4.18. The molecular weight excluding hydrogens is 212 g/mol. The molecule has 0 N–H and O–H groups in total. The highest BCUT2D eigenvalue weighted by Crippen LogP contribution is 2.42. The highest BCUT2D eigenvalue weighted by atomic mass is 15.5. The lowest BCUT2D eigenvalue weighted by atomic mass is 9.80. The molecule has 2 heterocycles. The van der Waals surface area contributed by atoms with Crippen LogP contribution in [-0.4, -0.2) is 32.0 Å². The van der Waals surface area contributed by atoms with Crippen molar-refractivity contribution in [3.05, 3.63) is 11.9 Å². The van der Waals surface area contributed by atoms with Gasteiger partial charge in [-0.05, 0) is 26.2 Å². The van der Waals surface area contributed by atoms with Crippen molar-refractivity contribution in [3.63, 3.8) is 0 Å². The van der Waals surface area contributed by atoms with Gasteiger partial charge in [0.2, 0.25) is 0 Å². The van der Waals surface area contributed by atoms with Crippen molar-refractivity contribution in [2.75, 3.05) is 6.54 Å². The first kappa shape index (κ1) is 12.6. The van der Waals surface area contributed by atoms with E-state index < -0.39 is 0 Å². The first-order valence-electron chi connectivity index (χ1n) is 6.36. The average Bonchev–Trinajstić information content (AvgIpc) is 2.59. The van der Waals surface area contributed by atoms with Gasteiger partial charge in [0.05, 0.1) is 24.5 Å². The van der Waals surface area contributed by atoms with Crippen molar-refractivity contribution in [1.82, 2.24) is 19.9 Å². The Morgan fingerprint density at radius 2 is 1.76 bits per heavy atom. The Hall–Kier alpha value is -0.900. The van der Waals surface area contributed by atoms with Gasteiger partial charge in [-0.1, -0.05) is 26.0 Å². The second-order valence-electron chi connectivity index (χ2n) is 7.01. The van der Waals surface area contributed by atoms with Crippen LogP contribution >= 0.6 is 0 Å². The summed E-state index contributed by atoms with van der Waals surface area (Å²) < 4.78 is 2.05. The second kappa shape index (κ2) is 3.80. The van der Waals surface area contributed by atoms with Gasteiger partial charge >= 0.3 is 0 Å². The van der Waals surface area contributed by atoms with Crippen LogP contribution in [0.2, 0.25) is 0 Å². The highest BCUT2D eigenvalue weighted by molar-refractivity contribution is 5.11. The lowest BCUT2D eigenvalue weighted by Crippen LogP contribution is -2.52. The summed E-state index contributed by atoms with van der Waals surface area (Å²) in [4.78, 5) is 2.58. The molecule has 4 nitrogen and oxygen atoms in total. The minimum absolute atomic E-state index is 0.174. The van der Waals surface area contributed by atoms with Gasteiger partial charge in [0.15, 0.2) is 0 Å². The van der Waals surface area contributed by atoms with Gasteiger partial charge in [-0.25, -0.2) is 4.68 Å². The van der Waals surface area contributed by atoms with Crippen molar-refractivity contribution >= 4 is 0 Å². The maximum absolute atomic E-state index is 4.18. The van der Waals surface area contributed by atoms with E-state index in [1.165, 1.54) is 5.69 Å². The molecule has 1 aliphatic rings. The summed E-state index contributed by atoms with van der Waals surface area (Å²) in [5.41, 5.74) is 1.61. The minimum atomic E-state index is 0.174. The van der Waals surface area contributed by atoms with Crippen LogP contribution in [-0.2, 0) is 6.54 Å². The number of hydrogen-bond donors (Lipinski definition) is 0. The molecule has 0 aromatic carbocycles. The summed E-state index contributed by atoms with van der Waals surface area (Å²) in [6, 6.07) is 0.381. The van der Waals surface area contributed by atoms with Crippen LogP contribution in [0.3, 0.4) is 0 Å². The van der Waals surface area contributed by atoms with Crippen LogP contribution in [0.15, 0.2) is 6.20 Å². The van der Waals surface area contributed by atoms with Crippen LogP contribution in [0.25, 0.3) is 0 Å². The number of fused-ring (bicyclic) bond motifs is 1. The molecular formula is C13H24N4. The zero-order valence-electron chi connectivity index (χ0n) is 11.9. The van der Waals surface area contributed by atoms with Crippen LogP contribution in [0.4, 0.5) is 0 Å². The fourth-order valence-electron chi connectivity index (χ4n) is 2.78. The molecule has 0 aliphatic carbocycles. The summed E-state index contributed by atoms with van der Waals surface area (Å²) >= 11 is 0. The Balaban J connectivity index is 2.46. The SMILES string of the molecule is CC(C)(C)C1c2cnnn2CCN1C(C)(C)C. The van der Waals surface area contributed by atoms with E-state index in [0.29, 0.717) is 6.04 Å². The van der Waals surface area contributed by atoms with Crippen molar-refractivity contribution in [2.45, 2.75) is 59.7 Å². The van der Waals surface area contributed by atoms with E-state index in [1.54, 1.807) is 0 Å². The summed E-state index contributed by atoms with van der Waals surface area (Å²) in [5.74, 6) is 0. The maximum Gasteiger partial charge on any atom is 0.0764 e. The smallest absolute Gasteiger partial charge is 0.0764 e. The fraction of sp³-hybridized carbons (Fsp3) is 0.846. The normalized spacial score (nSPS) is 22.6. The Bertz CT molecular complexity index is 394. The molecule has 0 radical (unpaired) electrons. The molecule has 0 amide bonds. The molecule has 0 saturated heterocycles. The first-order chi connectivity index (χ1) is 7.71. The van der Waals surface area contributed by atoms with Crippen LogP contribution < -0.4 is 0 Å². The summed E-state index contributed by atoms with van der Waals surface area (Å²) in [6.07, 6.45) is 1.92. The molecule has 2 rings (SSSR count). The Morgan fingerprint density at radius 3 is 2.29 bits per heavy atom. The van der Waals surface area contributed by atoms with Gasteiger partial charge < -0.3 is 0 Å². The summed E-state index contributed by atoms with van der Waals surface area (Å²) in [7, 11) is 0. The molecule has 1 unspecified atom stereocenters. The van der Waals surface area contributed by atoms with Crippen molar-refractivity contribution < 1.29 is 0 Å². The van der Waals surface area contributed by atoms with Gasteiger partial charge in [-0.3, -0.25) is 4.90 Å². The minimum Gasteiger partial charge on any atom is -0.288 e. The predicted molar refractivity (Wildman–Crippen MR) is 68.7 cm³/mol. The van der Waals surface area contributed by atoms with E-state index in [2.05, 4.69) is 61.4 Å². The van der Waals surface area contributed by atoms with E-state index in [4.69, 9.17) is 0 Å². The monoisotopic (exact) mass is 236 g/mol. The molecule has 1 atom stereocenters. The molecule has 96 valence electrons. The van der Waals surface area contributed by atoms with Crippen LogP contribution in [0, 0.1) is 5.41 Å². The van der Waals surface area contributed by atoms with E-state index in [-0.39, 0.29) is 11.0 Å². The van der Waals surface area contributed by atoms with Gasteiger partial charge in [-0.15, -0.1) is 5.10 Å². The number of hydrogen-bond acceptors (Lipinski definition) is 3. The quantitative estimate of drug-likeness (QED) is 0.694. The Morgan fingerprint density at radius 1 is 1.12 bits per heavy atom. The van der Waals surface area contributed by atoms with E-state index >= 15 is 0 Å². The number of aromatic nitrogens is 3. The Labute approximate surface area is 104 Å².